The molecule has 25 heavy (non-hydrogen) atoms. The first-order valence-corrected chi connectivity index (χ1v) is 10.0. The number of ether oxygens (including phenoxy) is 1. The van der Waals surface area contributed by atoms with E-state index in [1.165, 1.54) is 56.1 Å². The van der Waals surface area contributed by atoms with Crippen LogP contribution in [0.25, 0.3) is 11.3 Å². The molecule has 0 aliphatic rings. The highest BCUT2D eigenvalue weighted by atomic mass is 16.5. The highest BCUT2D eigenvalue weighted by molar-refractivity contribution is 5.59. The van der Waals surface area contributed by atoms with Crippen molar-refractivity contribution >= 4 is 0 Å². The van der Waals surface area contributed by atoms with Gasteiger partial charge in [-0.1, -0.05) is 76.6 Å². The molecule has 0 spiro atoms. The smallest absolute Gasteiger partial charge is 0.137 e. The lowest BCUT2D eigenvalue weighted by molar-refractivity contribution is 0.308. The van der Waals surface area contributed by atoms with Gasteiger partial charge in [-0.3, -0.25) is 4.98 Å². The van der Waals surface area contributed by atoms with E-state index < -0.39 is 0 Å². The summed E-state index contributed by atoms with van der Waals surface area (Å²) in [6.45, 7) is 5.20. The fraction of sp³-hybridized carbons (Fsp3) is 0.522. The van der Waals surface area contributed by atoms with Gasteiger partial charge in [-0.2, -0.15) is 0 Å². The predicted octanol–water partition coefficient (Wildman–Crippen LogP) is 6.83. The second-order valence-electron chi connectivity index (χ2n) is 6.80. The SMILES string of the molecule is CCCCCCCCc1ccc(-c2ccc(OCCCC)cn2)cc1. The molecule has 0 fully saturated rings. The van der Waals surface area contributed by atoms with Gasteiger partial charge in [-0.15, -0.1) is 0 Å². The number of aromatic nitrogens is 1. The molecule has 0 amide bonds. The molecule has 0 aliphatic carbocycles. The van der Waals surface area contributed by atoms with Crippen LogP contribution in [0.15, 0.2) is 42.6 Å². The Labute approximate surface area is 153 Å². The molecule has 2 heteroatoms. The van der Waals surface area contributed by atoms with Crippen LogP contribution in [-0.4, -0.2) is 11.6 Å². The van der Waals surface area contributed by atoms with Crippen LogP contribution in [-0.2, 0) is 6.42 Å². The summed E-state index contributed by atoms with van der Waals surface area (Å²) < 4.78 is 5.67. The van der Waals surface area contributed by atoms with Crippen molar-refractivity contribution < 1.29 is 4.74 Å². The standard InChI is InChI=1S/C23H33NO/c1-3-5-7-8-9-10-11-20-12-14-21(15-13-20)23-17-16-22(19-24-23)25-18-6-4-2/h12-17,19H,3-11,18H2,1-2H3. The zero-order chi connectivity index (χ0) is 17.7. The Balaban J connectivity index is 1.79. The van der Waals surface area contributed by atoms with Crippen LogP contribution < -0.4 is 4.74 Å². The average Bonchev–Trinajstić information content (AvgIpc) is 2.66. The number of nitrogens with zero attached hydrogens (tertiary/aromatic N) is 1. The van der Waals surface area contributed by atoms with E-state index in [0.29, 0.717) is 0 Å². The molecule has 0 bridgehead atoms. The van der Waals surface area contributed by atoms with Crippen molar-refractivity contribution in [2.45, 2.75) is 71.6 Å². The van der Waals surface area contributed by atoms with Crippen molar-refractivity contribution in [1.82, 2.24) is 4.98 Å². The number of benzene rings is 1. The average molecular weight is 340 g/mol. The lowest BCUT2D eigenvalue weighted by Gasteiger charge is -2.07. The maximum atomic E-state index is 5.67. The molecular formula is C23H33NO. The van der Waals surface area contributed by atoms with E-state index in [0.717, 1.165) is 30.9 Å². The summed E-state index contributed by atoms with van der Waals surface area (Å²) in [4.78, 5) is 4.54. The fourth-order valence-electron chi connectivity index (χ4n) is 2.92. The lowest BCUT2D eigenvalue weighted by Crippen LogP contribution is -1.97. The van der Waals surface area contributed by atoms with Gasteiger partial charge in [-0.25, -0.2) is 0 Å². The monoisotopic (exact) mass is 339 g/mol. The van der Waals surface area contributed by atoms with Crippen molar-refractivity contribution in [3.05, 3.63) is 48.2 Å². The molecule has 1 aromatic heterocycles. The van der Waals surface area contributed by atoms with Crippen molar-refractivity contribution in [3.63, 3.8) is 0 Å². The topological polar surface area (TPSA) is 22.1 Å². The van der Waals surface area contributed by atoms with Gasteiger partial charge in [0, 0.05) is 5.56 Å². The summed E-state index contributed by atoms with van der Waals surface area (Å²) >= 11 is 0. The molecular weight excluding hydrogens is 306 g/mol. The number of rotatable bonds is 12. The number of pyridine rings is 1. The van der Waals surface area contributed by atoms with E-state index in [1.807, 2.05) is 18.3 Å². The molecule has 0 saturated carbocycles. The number of hydrogen-bond donors (Lipinski definition) is 0. The Hall–Kier alpha value is -1.83. The van der Waals surface area contributed by atoms with Crippen molar-refractivity contribution in [3.8, 4) is 17.0 Å². The molecule has 136 valence electrons. The van der Waals surface area contributed by atoms with Gasteiger partial charge in [0.1, 0.15) is 5.75 Å². The van der Waals surface area contributed by atoms with Crippen molar-refractivity contribution in [2.24, 2.45) is 0 Å². The number of hydrogen-bond acceptors (Lipinski definition) is 2. The Kier molecular flexibility index (Phi) is 9.11. The minimum Gasteiger partial charge on any atom is -0.492 e. The normalized spacial score (nSPS) is 10.8. The van der Waals surface area contributed by atoms with Gasteiger partial charge in [-0.05, 0) is 37.0 Å². The molecule has 1 heterocycles. The molecule has 1 aromatic carbocycles. The van der Waals surface area contributed by atoms with Crippen molar-refractivity contribution in [2.75, 3.05) is 6.61 Å². The van der Waals surface area contributed by atoms with E-state index in [9.17, 15) is 0 Å². The van der Waals surface area contributed by atoms with Crippen LogP contribution >= 0.6 is 0 Å². The van der Waals surface area contributed by atoms with Gasteiger partial charge in [0.05, 0.1) is 18.5 Å². The van der Waals surface area contributed by atoms with Crippen LogP contribution in [0.2, 0.25) is 0 Å². The third-order valence-electron chi connectivity index (χ3n) is 4.57. The second-order valence-corrected chi connectivity index (χ2v) is 6.80. The quantitative estimate of drug-likeness (QED) is 0.395. The zero-order valence-corrected chi connectivity index (χ0v) is 16.0. The Morgan fingerprint density at radius 2 is 1.48 bits per heavy atom. The molecule has 2 nitrogen and oxygen atoms in total. The summed E-state index contributed by atoms with van der Waals surface area (Å²) in [5, 5.41) is 0. The van der Waals surface area contributed by atoms with Crippen LogP contribution in [0, 0.1) is 0 Å². The number of aryl methyl sites for hydroxylation is 1. The molecule has 0 unspecified atom stereocenters. The summed E-state index contributed by atoms with van der Waals surface area (Å²) in [6, 6.07) is 12.9. The van der Waals surface area contributed by atoms with Crippen LogP contribution in [0.3, 0.4) is 0 Å². The molecule has 0 aliphatic heterocycles. The molecule has 0 N–H and O–H groups in total. The third kappa shape index (κ3) is 7.29. The van der Waals surface area contributed by atoms with Gasteiger partial charge in [0.25, 0.3) is 0 Å². The Morgan fingerprint density at radius 3 is 2.16 bits per heavy atom. The highest BCUT2D eigenvalue weighted by Crippen LogP contribution is 2.21. The maximum Gasteiger partial charge on any atom is 0.137 e. The summed E-state index contributed by atoms with van der Waals surface area (Å²) in [7, 11) is 0. The van der Waals surface area contributed by atoms with E-state index in [1.54, 1.807) is 0 Å². The summed E-state index contributed by atoms with van der Waals surface area (Å²) in [5.74, 6) is 0.858. The summed E-state index contributed by atoms with van der Waals surface area (Å²) in [6.07, 6.45) is 13.4. The lowest BCUT2D eigenvalue weighted by atomic mass is 10.0. The summed E-state index contributed by atoms with van der Waals surface area (Å²) in [5.41, 5.74) is 3.61. The van der Waals surface area contributed by atoms with Gasteiger partial charge in [0.15, 0.2) is 0 Å². The highest BCUT2D eigenvalue weighted by Gasteiger charge is 2.01. The Bertz CT molecular complexity index is 574. The van der Waals surface area contributed by atoms with Crippen LogP contribution in [0.1, 0.15) is 70.8 Å². The minimum atomic E-state index is 0.769. The molecule has 2 aromatic rings. The van der Waals surface area contributed by atoms with Crippen molar-refractivity contribution in [1.29, 1.82) is 0 Å². The molecule has 0 saturated heterocycles. The van der Waals surface area contributed by atoms with E-state index in [2.05, 4.69) is 43.1 Å². The van der Waals surface area contributed by atoms with E-state index in [-0.39, 0.29) is 0 Å². The van der Waals surface area contributed by atoms with E-state index >= 15 is 0 Å². The Morgan fingerprint density at radius 1 is 0.760 bits per heavy atom. The van der Waals surface area contributed by atoms with Crippen LogP contribution in [0.5, 0.6) is 5.75 Å². The van der Waals surface area contributed by atoms with Gasteiger partial charge < -0.3 is 4.74 Å². The first-order chi connectivity index (χ1) is 12.3. The third-order valence-corrected chi connectivity index (χ3v) is 4.57. The molecule has 0 radical (unpaired) electrons. The fourth-order valence-corrected chi connectivity index (χ4v) is 2.92. The first-order valence-electron chi connectivity index (χ1n) is 10.0. The second kappa shape index (κ2) is 11.7. The zero-order valence-electron chi connectivity index (χ0n) is 16.0. The minimum absolute atomic E-state index is 0.769. The van der Waals surface area contributed by atoms with Gasteiger partial charge in [0.2, 0.25) is 0 Å². The van der Waals surface area contributed by atoms with E-state index in [4.69, 9.17) is 4.74 Å². The predicted molar refractivity (Wildman–Crippen MR) is 107 cm³/mol. The van der Waals surface area contributed by atoms with Gasteiger partial charge >= 0.3 is 0 Å². The van der Waals surface area contributed by atoms with Crippen LogP contribution in [0.4, 0.5) is 0 Å². The number of unbranched alkanes of at least 4 members (excludes halogenated alkanes) is 6. The largest absolute Gasteiger partial charge is 0.492 e. The molecule has 0 atom stereocenters. The first kappa shape index (κ1) is 19.5. The molecule has 2 rings (SSSR count). The maximum absolute atomic E-state index is 5.67.